The highest BCUT2D eigenvalue weighted by molar-refractivity contribution is 5.33. The minimum absolute atomic E-state index is 0.358. The van der Waals surface area contributed by atoms with E-state index in [1.807, 2.05) is 18.2 Å². The maximum Gasteiger partial charge on any atom is 0.166 e. The van der Waals surface area contributed by atoms with E-state index in [0.29, 0.717) is 18.1 Å². The summed E-state index contributed by atoms with van der Waals surface area (Å²) in [5.41, 5.74) is 7.26. The van der Waals surface area contributed by atoms with E-state index in [9.17, 15) is 0 Å². The highest BCUT2D eigenvalue weighted by Crippen LogP contribution is 2.19. The molecule has 0 bridgehead atoms. The third-order valence-corrected chi connectivity index (χ3v) is 2.44. The summed E-state index contributed by atoms with van der Waals surface area (Å²) in [6.45, 7) is 2.46. The molecule has 0 aliphatic carbocycles. The van der Waals surface area contributed by atoms with Gasteiger partial charge in [0.05, 0.1) is 18.1 Å². The van der Waals surface area contributed by atoms with Crippen molar-refractivity contribution in [1.29, 1.82) is 0 Å². The molecule has 1 aromatic heterocycles. The van der Waals surface area contributed by atoms with Gasteiger partial charge < -0.3 is 10.5 Å². The molecule has 0 unspecified atom stereocenters. The Hall–Kier alpha value is -2.10. The van der Waals surface area contributed by atoms with E-state index in [0.717, 1.165) is 12.2 Å². The van der Waals surface area contributed by atoms with E-state index < -0.39 is 0 Å². The van der Waals surface area contributed by atoms with Crippen molar-refractivity contribution < 1.29 is 4.74 Å². The molecule has 1 aromatic carbocycles. The summed E-state index contributed by atoms with van der Waals surface area (Å²) in [7, 11) is 0. The Morgan fingerprint density at radius 1 is 1.18 bits per heavy atom. The maximum absolute atomic E-state index is 5.69. The zero-order valence-electron chi connectivity index (χ0n) is 9.76. The van der Waals surface area contributed by atoms with Crippen LogP contribution in [0.5, 0.6) is 5.75 Å². The first-order valence-electron chi connectivity index (χ1n) is 5.56. The number of aromatic nitrogens is 2. The lowest BCUT2D eigenvalue weighted by molar-refractivity contribution is 0.293. The summed E-state index contributed by atoms with van der Waals surface area (Å²) in [6.07, 6.45) is 4.10. The molecule has 0 atom stereocenters. The van der Waals surface area contributed by atoms with E-state index in [-0.39, 0.29) is 0 Å². The molecule has 4 heteroatoms. The van der Waals surface area contributed by atoms with Crippen LogP contribution in [0, 0.1) is 0 Å². The minimum Gasteiger partial charge on any atom is -0.485 e. The molecule has 4 nitrogen and oxygen atoms in total. The lowest BCUT2D eigenvalue weighted by atomic mass is 10.1. The Kier molecular flexibility index (Phi) is 3.55. The van der Waals surface area contributed by atoms with Crippen LogP contribution < -0.4 is 10.5 Å². The highest BCUT2D eigenvalue weighted by Gasteiger charge is 2.02. The summed E-state index contributed by atoms with van der Waals surface area (Å²) in [6, 6.07) is 7.97. The lowest BCUT2D eigenvalue weighted by Gasteiger charge is -2.09. The van der Waals surface area contributed by atoms with Crippen molar-refractivity contribution in [2.75, 3.05) is 5.73 Å². The standard InChI is InChI=1S/C13H15N3O/c1-2-10-5-3-4-6-12(10)17-9-13-15-7-11(14)8-16-13/h3-8H,2,9,14H2,1H3. The van der Waals surface area contributed by atoms with Gasteiger partial charge in [-0.3, -0.25) is 0 Å². The molecule has 88 valence electrons. The second-order valence-electron chi connectivity index (χ2n) is 3.68. The number of para-hydroxylation sites is 1. The average Bonchev–Trinajstić information content (AvgIpc) is 2.38. The van der Waals surface area contributed by atoms with Crippen LogP contribution in [0.1, 0.15) is 18.3 Å². The summed E-state index contributed by atoms with van der Waals surface area (Å²) < 4.78 is 5.69. The molecule has 2 rings (SSSR count). The first kappa shape index (κ1) is 11.4. The van der Waals surface area contributed by atoms with Crippen molar-refractivity contribution in [3.8, 4) is 5.75 Å². The Bertz CT molecular complexity index is 482. The summed E-state index contributed by atoms with van der Waals surface area (Å²) in [5, 5.41) is 0. The largest absolute Gasteiger partial charge is 0.485 e. The number of nitrogens with two attached hydrogens (primary N) is 1. The SMILES string of the molecule is CCc1ccccc1OCc1ncc(N)cn1. The van der Waals surface area contributed by atoms with Gasteiger partial charge in [-0.25, -0.2) is 9.97 Å². The van der Waals surface area contributed by atoms with Crippen molar-refractivity contribution >= 4 is 5.69 Å². The number of benzene rings is 1. The van der Waals surface area contributed by atoms with Gasteiger partial charge in [-0.05, 0) is 18.1 Å². The van der Waals surface area contributed by atoms with Crippen LogP contribution >= 0.6 is 0 Å². The van der Waals surface area contributed by atoms with Crippen molar-refractivity contribution in [2.24, 2.45) is 0 Å². The molecule has 0 aliphatic rings. The van der Waals surface area contributed by atoms with E-state index in [2.05, 4.69) is 23.0 Å². The van der Waals surface area contributed by atoms with Crippen molar-refractivity contribution in [2.45, 2.75) is 20.0 Å². The summed E-state index contributed by atoms with van der Waals surface area (Å²) in [4.78, 5) is 8.18. The van der Waals surface area contributed by atoms with Crippen molar-refractivity contribution in [1.82, 2.24) is 9.97 Å². The molecule has 2 aromatic rings. The van der Waals surface area contributed by atoms with Crippen LogP contribution in [-0.4, -0.2) is 9.97 Å². The number of ether oxygens (including phenoxy) is 1. The summed E-state index contributed by atoms with van der Waals surface area (Å²) in [5.74, 6) is 1.51. The first-order chi connectivity index (χ1) is 8.29. The number of rotatable bonds is 4. The number of aryl methyl sites for hydroxylation is 1. The van der Waals surface area contributed by atoms with Crippen LogP contribution in [0.3, 0.4) is 0 Å². The molecule has 0 spiro atoms. The topological polar surface area (TPSA) is 61.0 Å². The Morgan fingerprint density at radius 2 is 1.88 bits per heavy atom. The number of hydrogen-bond acceptors (Lipinski definition) is 4. The Balaban J connectivity index is 2.04. The zero-order chi connectivity index (χ0) is 12.1. The van der Waals surface area contributed by atoms with Gasteiger partial charge in [0, 0.05) is 0 Å². The first-order valence-corrected chi connectivity index (χ1v) is 5.56. The van der Waals surface area contributed by atoms with Crippen LogP contribution in [0.4, 0.5) is 5.69 Å². The van der Waals surface area contributed by atoms with Crippen LogP contribution in [0.15, 0.2) is 36.7 Å². The quantitative estimate of drug-likeness (QED) is 0.873. The molecular weight excluding hydrogens is 214 g/mol. The van der Waals surface area contributed by atoms with Gasteiger partial charge in [-0.1, -0.05) is 25.1 Å². The molecule has 1 heterocycles. The van der Waals surface area contributed by atoms with E-state index in [4.69, 9.17) is 10.5 Å². The predicted octanol–water partition coefficient (Wildman–Crippen LogP) is 2.20. The van der Waals surface area contributed by atoms with Gasteiger partial charge >= 0.3 is 0 Å². The second-order valence-corrected chi connectivity index (χ2v) is 3.68. The average molecular weight is 229 g/mol. The highest BCUT2D eigenvalue weighted by atomic mass is 16.5. The van der Waals surface area contributed by atoms with Crippen LogP contribution in [-0.2, 0) is 13.0 Å². The number of anilines is 1. The third kappa shape index (κ3) is 2.93. The minimum atomic E-state index is 0.358. The molecule has 0 saturated carbocycles. The molecule has 0 saturated heterocycles. The van der Waals surface area contributed by atoms with Gasteiger partial charge in [-0.15, -0.1) is 0 Å². The molecule has 0 amide bonds. The smallest absolute Gasteiger partial charge is 0.166 e. The van der Waals surface area contributed by atoms with E-state index in [1.165, 1.54) is 5.56 Å². The number of nitrogens with zero attached hydrogens (tertiary/aromatic N) is 2. The monoisotopic (exact) mass is 229 g/mol. The predicted molar refractivity (Wildman–Crippen MR) is 66.6 cm³/mol. The fraction of sp³-hybridized carbons (Fsp3) is 0.231. The second kappa shape index (κ2) is 5.30. The summed E-state index contributed by atoms with van der Waals surface area (Å²) >= 11 is 0. The molecule has 2 N–H and O–H groups in total. The molecular formula is C13H15N3O. The van der Waals surface area contributed by atoms with Gasteiger partial charge in [0.25, 0.3) is 0 Å². The van der Waals surface area contributed by atoms with Gasteiger partial charge in [-0.2, -0.15) is 0 Å². The normalized spacial score (nSPS) is 10.2. The number of nitrogen functional groups attached to an aromatic ring is 1. The Labute approximate surface area is 100 Å². The Morgan fingerprint density at radius 3 is 2.59 bits per heavy atom. The maximum atomic E-state index is 5.69. The van der Waals surface area contributed by atoms with Gasteiger partial charge in [0.2, 0.25) is 0 Å². The van der Waals surface area contributed by atoms with Crippen molar-refractivity contribution in [3.05, 3.63) is 48.0 Å². The molecule has 0 aliphatic heterocycles. The molecule has 0 radical (unpaired) electrons. The van der Waals surface area contributed by atoms with E-state index >= 15 is 0 Å². The van der Waals surface area contributed by atoms with Gasteiger partial charge in [0.1, 0.15) is 12.4 Å². The fourth-order valence-electron chi connectivity index (χ4n) is 1.52. The molecule has 17 heavy (non-hydrogen) atoms. The van der Waals surface area contributed by atoms with Crippen molar-refractivity contribution in [3.63, 3.8) is 0 Å². The van der Waals surface area contributed by atoms with Gasteiger partial charge in [0.15, 0.2) is 5.82 Å². The fourth-order valence-corrected chi connectivity index (χ4v) is 1.52. The lowest BCUT2D eigenvalue weighted by Crippen LogP contribution is -2.03. The van der Waals surface area contributed by atoms with Crippen LogP contribution in [0.25, 0.3) is 0 Å². The van der Waals surface area contributed by atoms with E-state index in [1.54, 1.807) is 12.4 Å². The molecule has 0 fully saturated rings. The third-order valence-electron chi connectivity index (χ3n) is 2.44. The van der Waals surface area contributed by atoms with Crippen LogP contribution in [0.2, 0.25) is 0 Å². The zero-order valence-corrected chi connectivity index (χ0v) is 9.76. The number of hydrogen-bond donors (Lipinski definition) is 1.